The van der Waals surface area contributed by atoms with Crippen LogP contribution in [0.15, 0.2) is 0 Å². The van der Waals surface area contributed by atoms with Crippen LogP contribution in [0.5, 0.6) is 0 Å². The molecule has 1 aliphatic heterocycles. The van der Waals surface area contributed by atoms with Gasteiger partial charge in [0.05, 0.1) is 6.54 Å². The van der Waals surface area contributed by atoms with Gasteiger partial charge in [0.1, 0.15) is 0 Å². The number of nitrogens with two attached hydrogens (primary N) is 1. The number of carbonyl (C=O) groups excluding carboxylic acids is 1. The second-order valence-corrected chi connectivity index (χ2v) is 6.38. The smallest absolute Gasteiger partial charge is 0.231 e. The Morgan fingerprint density at radius 3 is 2.44 bits per heavy atom. The van der Waals surface area contributed by atoms with E-state index < -0.39 is 0 Å². The molecule has 18 heavy (non-hydrogen) atoms. The third-order valence-corrected chi connectivity index (χ3v) is 4.62. The fourth-order valence-corrected chi connectivity index (χ4v) is 3.24. The van der Waals surface area contributed by atoms with Crippen molar-refractivity contribution >= 4 is 5.91 Å². The molecule has 4 heteroatoms. The van der Waals surface area contributed by atoms with Gasteiger partial charge in [-0.25, -0.2) is 0 Å². The Labute approximate surface area is 110 Å². The lowest BCUT2D eigenvalue weighted by atomic mass is 9.82. The average Bonchev–Trinajstić information content (AvgIpc) is 2.25. The summed E-state index contributed by atoms with van der Waals surface area (Å²) in [6.07, 6.45) is 5.58. The first-order chi connectivity index (χ1) is 8.54. The number of rotatable bonds is 5. The molecule has 0 spiro atoms. The highest BCUT2D eigenvalue weighted by Gasteiger charge is 2.31. The molecule has 0 aromatic heterocycles. The molecule has 1 saturated carbocycles. The van der Waals surface area contributed by atoms with Gasteiger partial charge in [-0.3, -0.25) is 9.69 Å². The average molecular weight is 253 g/mol. The fraction of sp³-hybridized carbons (Fsp3) is 0.929. The highest BCUT2D eigenvalue weighted by atomic mass is 16.1. The van der Waals surface area contributed by atoms with Crippen molar-refractivity contribution < 1.29 is 4.79 Å². The third kappa shape index (κ3) is 3.69. The Morgan fingerprint density at radius 1 is 1.28 bits per heavy atom. The number of primary amides is 1. The van der Waals surface area contributed by atoms with Crippen LogP contribution in [-0.2, 0) is 4.79 Å². The van der Waals surface area contributed by atoms with E-state index in [1.807, 2.05) is 0 Å². The molecule has 2 N–H and O–H groups in total. The van der Waals surface area contributed by atoms with Gasteiger partial charge >= 0.3 is 0 Å². The zero-order valence-electron chi connectivity index (χ0n) is 11.8. The van der Waals surface area contributed by atoms with E-state index in [1.54, 1.807) is 0 Å². The Kier molecular flexibility index (Phi) is 4.62. The third-order valence-electron chi connectivity index (χ3n) is 4.62. The van der Waals surface area contributed by atoms with Crippen LogP contribution in [0.2, 0.25) is 0 Å². The minimum absolute atomic E-state index is 0.211. The van der Waals surface area contributed by atoms with E-state index in [0.717, 1.165) is 24.9 Å². The summed E-state index contributed by atoms with van der Waals surface area (Å²) in [6, 6.07) is 0.628. The van der Waals surface area contributed by atoms with Gasteiger partial charge in [-0.05, 0) is 31.7 Å². The van der Waals surface area contributed by atoms with Gasteiger partial charge in [0.25, 0.3) is 0 Å². The molecule has 2 aliphatic rings. The van der Waals surface area contributed by atoms with Crippen molar-refractivity contribution in [3.8, 4) is 0 Å². The predicted molar refractivity (Wildman–Crippen MR) is 73.2 cm³/mol. The first kappa shape index (κ1) is 13.8. The maximum absolute atomic E-state index is 10.8. The van der Waals surface area contributed by atoms with Crippen LogP contribution in [0.1, 0.15) is 32.6 Å². The highest BCUT2D eigenvalue weighted by Crippen LogP contribution is 2.29. The van der Waals surface area contributed by atoms with Gasteiger partial charge < -0.3 is 10.6 Å². The number of hydrogen-bond donors (Lipinski definition) is 1. The number of likely N-dealkylation sites (tertiary alicyclic amines) is 1. The molecule has 2 rings (SSSR count). The number of amides is 1. The molecule has 0 aromatic carbocycles. The fourth-order valence-electron chi connectivity index (χ4n) is 3.24. The number of likely N-dealkylation sites (N-methyl/N-ethyl adjacent to an activating group) is 1. The molecule has 0 unspecified atom stereocenters. The molecule has 0 aromatic rings. The van der Waals surface area contributed by atoms with E-state index in [9.17, 15) is 4.79 Å². The van der Waals surface area contributed by atoms with E-state index >= 15 is 0 Å². The number of carbonyl (C=O) groups is 1. The standard InChI is InChI=1S/C14H27N3O/c1-11-3-5-12(6-4-11)7-16(2)13-8-17(9-13)10-14(15)18/h11-13H,3-10H2,1-2H3,(H2,15,18). The van der Waals surface area contributed by atoms with Crippen LogP contribution in [0.3, 0.4) is 0 Å². The number of hydrogen-bond acceptors (Lipinski definition) is 3. The quantitative estimate of drug-likeness (QED) is 0.792. The van der Waals surface area contributed by atoms with Crippen molar-refractivity contribution in [2.75, 3.05) is 33.2 Å². The Morgan fingerprint density at radius 2 is 1.89 bits per heavy atom. The van der Waals surface area contributed by atoms with E-state index in [1.165, 1.54) is 32.2 Å². The lowest BCUT2D eigenvalue weighted by molar-refractivity contribution is -0.121. The number of nitrogens with zero attached hydrogens (tertiary/aromatic N) is 2. The van der Waals surface area contributed by atoms with Crippen molar-refractivity contribution in [1.29, 1.82) is 0 Å². The zero-order chi connectivity index (χ0) is 13.1. The lowest BCUT2D eigenvalue weighted by Crippen LogP contribution is -2.60. The summed E-state index contributed by atoms with van der Waals surface area (Å²) in [6.45, 7) is 6.02. The molecule has 1 aliphatic carbocycles. The van der Waals surface area contributed by atoms with Crippen molar-refractivity contribution in [2.45, 2.75) is 38.6 Å². The van der Waals surface area contributed by atoms with E-state index in [2.05, 4.69) is 23.8 Å². The first-order valence-electron chi connectivity index (χ1n) is 7.25. The molecule has 1 saturated heterocycles. The maximum Gasteiger partial charge on any atom is 0.231 e. The summed E-state index contributed by atoms with van der Waals surface area (Å²) in [5.74, 6) is 1.61. The summed E-state index contributed by atoms with van der Waals surface area (Å²) in [7, 11) is 2.23. The Balaban J connectivity index is 1.64. The van der Waals surface area contributed by atoms with Crippen molar-refractivity contribution in [1.82, 2.24) is 9.80 Å². The van der Waals surface area contributed by atoms with Crippen LogP contribution < -0.4 is 5.73 Å². The van der Waals surface area contributed by atoms with Crippen LogP contribution in [0, 0.1) is 11.8 Å². The van der Waals surface area contributed by atoms with Crippen LogP contribution in [-0.4, -0.2) is 55.0 Å². The molecule has 0 atom stereocenters. The topological polar surface area (TPSA) is 49.6 Å². The van der Waals surface area contributed by atoms with Crippen molar-refractivity contribution in [3.63, 3.8) is 0 Å². The van der Waals surface area contributed by atoms with Crippen LogP contribution in [0.4, 0.5) is 0 Å². The van der Waals surface area contributed by atoms with Crippen molar-refractivity contribution in [2.24, 2.45) is 17.6 Å². The normalized spacial score (nSPS) is 30.4. The summed E-state index contributed by atoms with van der Waals surface area (Å²) < 4.78 is 0. The zero-order valence-corrected chi connectivity index (χ0v) is 11.8. The molecule has 1 heterocycles. The summed E-state index contributed by atoms with van der Waals surface area (Å²) >= 11 is 0. The molecule has 2 fully saturated rings. The van der Waals surface area contributed by atoms with Gasteiger partial charge in [0, 0.05) is 25.7 Å². The van der Waals surface area contributed by atoms with E-state index in [-0.39, 0.29) is 5.91 Å². The van der Waals surface area contributed by atoms with Gasteiger partial charge in [-0.1, -0.05) is 19.8 Å². The summed E-state index contributed by atoms with van der Waals surface area (Å²) in [5, 5.41) is 0. The van der Waals surface area contributed by atoms with Gasteiger partial charge in [-0.2, -0.15) is 0 Å². The van der Waals surface area contributed by atoms with Gasteiger partial charge in [0.15, 0.2) is 0 Å². The van der Waals surface area contributed by atoms with E-state index in [0.29, 0.717) is 12.6 Å². The Bertz CT molecular complexity index is 281. The Hall–Kier alpha value is -0.610. The molecule has 0 radical (unpaired) electrons. The van der Waals surface area contributed by atoms with Gasteiger partial charge in [-0.15, -0.1) is 0 Å². The molecule has 104 valence electrons. The summed E-state index contributed by atoms with van der Waals surface area (Å²) in [4.78, 5) is 15.4. The molecular weight excluding hydrogens is 226 g/mol. The second kappa shape index (κ2) is 6.02. The highest BCUT2D eigenvalue weighted by molar-refractivity contribution is 5.76. The predicted octanol–water partition coefficient (Wildman–Crippen LogP) is 0.914. The monoisotopic (exact) mass is 253 g/mol. The van der Waals surface area contributed by atoms with Crippen molar-refractivity contribution in [3.05, 3.63) is 0 Å². The van der Waals surface area contributed by atoms with Gasteiger partial charge in [0.2, 0.25) is 5.91 Å². The molecule has 4 nitrogen and oxygen atoms in total. The first-order valence-corrected chi connectivity index (χ1v) is 7.25. The summed E-state index contributed by atoms with van der Waals surface area (Å²) in [5.41, 5.74) is 5.19. The maximum atomic E-state index is 10.8. The largest absolute Gasteiger partial charge is 0.369 e. The molecular formula is C14H27N3O. The second-order valence-electron chi connectivity index (χ2n) is 6.38. The SMILES string of the molecule is CC1CCC(CN(C)C2CN(CC(N)=O)C2)CC1. The molecule has 0 bridgehead atoms. The molecule has 1 amide bonds. The minimum Gasteiger partial charge on any atom is -0.369 e. The van der Waals surface area contributed by atoms with E-state index in [4.69, 9.17) is 5.73 Å². The van der Waals surface area contributed by atoms with Crippen LogP contribution in [0.25, 0.3) is 0 Å². The minimum atomic E-state index is -0.211. The lowest BCUT2D eigenvalue weighted by Gasteiger charge is -2.45. The van der Waals surface area contributed by atoms with Crippen LogP contribution >= 0.6 is 0 Å².